The predicted octanol–water partition coefficient (Wildman–Crippen LogP) is 0.650. The molecule has 0 radical (unpaired) electrons. The minimum absolute atomic E-state index is 0.259. The van der Waals surface area contributed by atoms with Crippen LogP contribution in [0.3, 0.4) is 0 Å². The first-order chi connectivity index (χ1) is 9.84. The van der Waals surface area contributed by atoms with Crippen molar-refractivity contribution in [2.75, 3.05) is 39.3 Å². The van der Waals surface area contributed by atoms with Crippen molar-refractivity contribution in [3.63, 3.8) is 0 Å². The molecule has 2 fully saturated rings. The summed E-state index contributed by atoms with van der Waals surface area (Å²) < 4.78 is 0. The van der Waals surface area contributed by atoms with Crippen molar-refractivity contribution < 1.29 is 4.79 Å². The van der Waals surface area contributed by atoms with Crippen LogP contribution in [0.1, 0.15) is 24.6 Å². The van der Waals surface area contributed by atoms with Gasteiger partial charge in [-0.2, -0.15) is 0 Å². The second-order valence-electron chi connectivity index (χ2n) is 5.51. The molecule has 2 saturated heterocycles. The van der Waals surface area contributed by atoms with E-state index in [0.29, 0.717) is 12.6 Å². The minimum Gasteiger partial charge on any atom is -0.339 e. The van der Waals surface area contributed by atoms with Crippen molar-refractivity contribution in [3.8, 4) is 0 Å². The molecule has 0 spiro atoms. The SMILES string of the molecule is O=C(CN1CCC[C@@H]1c1ccccn1)N1CCNCC1. The molecule has 1 aromatic rings. The summed E-state index contributed by atoms with van der Waals surface area (Å²) in [5, 5.41) is 3.28. The number of amides is 1. The summed E-state index contributed by atoms with van der Waals surface area (Å²) in [6.45, 7) is 5.02. The Morgan fingerprint density at radius 1 is 1.30 bits per heavy atom. The van der Waals surface area contributed by atoms with Crippen LogP contribution in [0.5, 0.6) is 0 Å². The van der Waals surface area contributed by atoms with Gasteiger partial charge in [-0.3, -0.25) is 14.7 Å². The zero-order valence-corrected chi connectivity index (χ0v) is 11.8. The highest BCUT2D eigenvalue weighted by atomic mass is 16.2. The van der Waals surface area contributed by atoms with Crippen molar-refractivity contribution in [3.05, 3.63) is 30.1 Å². The Balaban J connectivity index is 1.62. The van der Waals surface area contributed by atoms with E-state index in [0.717, 1.165) is 51.3 Å². The van der Waals surface area contributed by atoms with Crippen LogP contribution in [-0.4, -0.2) is 60.0 Å². The summed E-state index contributed by atoms with van der Waals surface area (Å²) in [5.74, 6) is 0.259. The van der Waals surface area contributed by atoms with E-state index in [1.165, 1.54) is 0 Å². The van der Waals surface area contributed by atoms with E-state index >= 15 is 0 Å². The summed E-state index contributed by atoms with van der Waals surface area (Å²) in [6.07, 6.45) is 4.09. The maximum absolute atomic E-state index is 12.4. The molecular formula is C15H22N4O. The van der Waals surface area contributed by atoms with Crippen LogP contribution in [0, 0.1) is 0 Å². The Morgan fingerprint density at radius 3 is 2.90 bits per heavy atom. The molecule has 0 unspecified atom stereocenters. The average molecular weight is 274 g/mol. The predicted molar refractivity (Wildman–Crippen MR) is 77.2 cm³/mol. The number of hydrogen-bond acceptors (Lipinski definition) is 4. The van der Waals surface area contributed by atoms with Crippen molar-refractivity contribution in [2.24, 2.45) is 0 Å². The average Bonchev–Trinajstić information content (AvgIpc) is 2.97. The van der Waals surface area contributed by atoms with Gasteiger partial charge in [0.15, 0.2) is 0 Å². The third kappa shape index (κ3) is 2.99. The monoisotopic (exact) mass is 274 g/mol. The number of pyridine rings is 1. The number of rotatable bonds is 3. The number of nitrogens with zero attached hydrogens (tertiary/aromatic N) is 3. The van der Waals surface area contributed by atoms with Crippen molar-refractivity contribution in [1.82, 2.24) is 20.1 Å². The van der Waals surface area contributed by atoms with E-state index < -0.39 is 0 Å². The van der Waals surface area contributed by atoms with E-state index in [9.17, 15) is 4.79 Å². The van der Waals surface area contributed by atoms with Gasteiger partial charge >= 0.3 is 0 Å². The number of hydrogen-bond donors (Lipinski definition) is 1. The molecule has 3 heterocycles. The molecule has 2 aliphatic rings. The van der Waals surface area contributed by atoms with E-state index in [2.05, 4.69) is 21.3 Å². The molecule has 0 bridgehead atoms. The fraction of sp³-hybridized carbons (Fsp3) is 0.600. The summed E-state index contributed by atoms with van der Waals surface area (Å²) in [7, 11) is 0. The van der Waals surface area contributed by atoms with E-state index in [4.69, 9.17) is 0 Å². The van der Waals surface area contributed by atoms with E-state index in [1.807, 2.05) is 23.2 Å². The highest BCUT2D eigenvalue weighted by molar-refractivity contribution is 5.78. The summed E-state index contributed by atoms with van der Waals surface area (Å²) in [4.78, 5) is 21.1. The Bertz CT molecular complexity index is 444. The van der Waals surface area contributed by atoms with Crippen molar-refractivity contribution in [2.45, 2.75) is 18.9 Å². The standard InChI is InChI=1S/C15H22N4O/c20-15(18-10-7-16-8-11-18)12-19-9-3-5-14(19)13-4-1-2-6-17-13/h1-2,4,6,14,16H,3,5,7-12H2/t14-/m1/s1. The largest absolute Gasteiger partial charge is 0.339 e. The van der Waals surface area contributed by atoms with E-state index in [1.54, 1.807) is 0 Å². The van der Waals surface area contributed by atoms with Crippen LogP contribution < -0.4 is 5.32 Å². The lowest BCUT2D eigenvalue weighted by atomic mass is 10.1. The van der Waals surface area contributed by atoms with Gasteiger partial charge in [-0.25, -0.2) is 0 Å². The molecule has 20 heavy (non-hydrogen) atoms. The zero-order valence-electron chi connectivity index (χ0n) is 11.8. The van der Waals surface area contributed by atoms with Gasteiger partial charge in [0, 0.05) is 32.4 Å². The summed E-state index contributed by atoms with van der Waals surface area (Å²) in [6, 6.07) is 6.34. The van der Waals surface area contributed by atoms with Crippen LogP contribution in [0.25, 0.3) is 0 Å². The van der Waals surface area contributed by atoms with Gasteiger partial charge in [-0.15, -0.1) is 0 Å². The molecule has 1 amide bonds. The van der Waals surface area contributed by atoms with Gasteiger partial charge in [0.05, 0.1) is 18.3 Å². The lowest BCUT2D eigenvalue weighted by Crippen LogP contribution is -2.49. The molecule has 1 atom stereocenters. The normalized spacial score (nSPS) is 24.0. The van der Waals surface area contributed by atoms with Crippen LogP contribution in [-0.2, 0) is 4.79 Å². The van der Waals surface area contributed by atoms with Crippen LogP contribution in [0.15, 0.2) is 24.4 Å². The minimum atomic E-state index is 0.259. The molecule has 0 aromatic carbocycles. The molecular weight excluding hydrogens is 252 g/mol. The van der Waals surface area contributed by atoms with Crippen LogP contribution in [0.4, 0.5) is 0 Å². The van der Waals surface area contributed by atoms with Gasteiger partial charge < -0.3 is 10.2 Å². The van der Waals surface area contributed by atoms with Gasteiger partial charge in [0.2, 0.25) is 5.91 Å². The number of nitrogens with one attached hydrogen (secondary N) is 1. The first kappa shape index (κ1) is 13.5. The molecule has 5 heteroatoms. The van der Waals surface area contributed by atoms with Gasteiger partial charge in [-0.1, -0.05) is 6.07 Å². The summed E-state index contributed by atoms with van der Waals surface area (Å²) >= 11 is 0. The number of aromatic nitrogens is 1. The lowest BCUT2D eigenvalue weighted by molar-refractivity contribution is -0.133. The van der Waals surface area contributed by atoms with Gasteiger partial charge in [0.25, 0.3) is 0 Å². The third-order valence-corrected chi connectivity index (χ3v) is 4.20. The fourth-order valence-corrected chi connectivity index (χ4v) is 3.11. The summed E-state index contributed by atoms with van der Waals surface area (Å²) in [5.41, 5.74) is 1.10. The Kier molecular flexibility index (Phi) is 4.28. The number of piperazine rings is 1. The molecule has 1 N–H and O–H groups in total. The second-order valence-corrected chi connectivity index (χ2v) is 5.51. The maximum atomic E-state index is 12.4. The zero-order chi connectivity index (χ0) is 13.8. The molecule has 1 aromatic heterocycles. The first-order valence-corrected chi connectivity index (χ1v) is 7.48. The quantitative estimate of drug-likeness (QED) is 0.879. The Labute approximate surface area is 120 Å². The first-order valence-electron chi connectivity index (χ1n) is 7.48. The topological polar surface area (TPSA) is 48.5 Å². The molecule has 0 saturated carbocycles. The molecule has 3 rings (SSSR count). The number of carbonyl (C=O) groups excluding carboxylic acids is 1. The van der Waals surface area contributed by atoms with Crippen LogP contribution in [0.2, 0.25) is 0 Å². The van der Waals surface area contributed by atoms with Gasteiger partial charge in [-0.05, 0) is 31.5 Å². The van der Waals surface area contributed by atoms with Crippen molar-refractivity contribution in [1.29, 1.82) is 0 Å². The maximum Gasteiger partial charge on any atom is 0.236 e. The number of likely N-dealkylation sites (tertiary alicyclic amines) is 1. The highest BCUT2D eigenvalue weighted by Gasteiger charge is 2.29. The second kappa shape index (κ2) is 6.33. The van der Waals surface area contributed by atoms with Gasteiger partial charge in [0.1, 0.15) is 0 Å². The fourth-order valence-electron chi connectivity index (χ4n) is 3.11. The molecule has 5 nitrogen and oxygen atoms in total. The third-order valence-electron chi connectivity index (χ3n) is 4.20. The lowest BCUT2D eigenvalue weighted by Gasteiger charge is -2.31. The van der Waals surface area contributed by atoms with Crippen molar-refractivity contribution >= 4 is 5.91 Å². The Morgan fingerprint density at radius 2 is 2.15 bits per heavy atom. The number of carbonyl (C=O) groups is 1. The molecule has 2 aliphatic heterocycles. The Hall–Kier alpha value is -1.46. The molecule has 0 aliphatic carbocycles. The highest BCUT2D eigenvalue weighted by Crippen LogP contribution is 2.30. The smallest absolute Gasteiger partial charge is 0.236 e. The van der Waals surface area contributed by atoms with Crippen LogP contribution >= 0.6 is 0 Å². The van der Waals surface area contributed by atoms with E-state index in [-0.39, 0.29) is 5.91 Å². The molecule has 108 valence electrons.